The highest BCUT2D eigenvalue weighted by Gasteiger charge is 2.21. The molecule has 17 heavy (non-hydrogen) atoms. The molecular formula is C14H19NOS. The van der Waals surface area contributed by atoms with Crippen LogP contribution in [0.1, 0.15) is 5.56 Å². The Labute approximate surface area is 107 Å². The third-order valence-electron chi connectivity index (χ3n) is 2.74. The summed E-state index contributed by atoms with van der Waals surface area (Å²) < 4.78 is 5.85. The summed E-state index contributed by atoms with van der Waals surface area (Å²) in [5, 5.41) is 3.44. The summed E-state index contributed by atoms with van der Waals surface area (Å²) in [6.45, 7) is 5.67. The molecule has 0 radical (unpaired) electrons. The van der Waals surface area contributed by atoms with Crippen molar-refractivity contribution in [2.75, 3.05) is 24.6 Å². The van der Waals surface area contributed by atoms with Gasteiger partial charge in [-0.3, -0.25) is 0 Å². The van der Waals surface area contributed by atoms with Gasteiger partial charge in [0.2, 0.25) is 0 Å². The lowest BCUT2D eigenvalue weighted by Gasteiger charge is -2.11. The molecule has 2 rings (SSSR count). The Bertz CT molecular complexity index is 342. The Morgan fingerprint density at radius 3 is 3.18 bits per heavy atom. The fourth-order valence-electron chi connectivity index (χ4n) is 1.94. The average molecular weight is 249 g/mol. The summed E-state index contributed by atoms with van der Waals surface area (Å²) in [6.07, 6.45) is 3.28. The van der Waals surface area contributed by atoms with Gasteiger partial charge < -0.3 is 10.1 Å². The molecule has 0 aromatic heterocycles. The van der Waals surface area contributed by atoms with E-state index < -0.39 is 0 Å². The maximum atomic E-state index is 5.85. The number of nitrogens with one attached hydrogen (secondary N) is 1. The van der Waals surface area contributed by atoms with Crippen LogP contribution in [0.15, 0.2) is 36.9 Å². The summed E-state index contributed by atoms with van der Waals surface area (Å²) in [4.78, 5) is 0. The van der Waals surface area contributed by atoms with Gasteiger partial charge in [-0.1, -0.05) is 24.3 Å². The largest absolute Gasteiger partial charge is 0.488 e. The van der Waals surface area contributed by atoms with Gasteiger partial charge >= 0.3 is 0 Å². The molecule has 1 unspecified atom stereocenters. The van der Waals surface area contributed by atoms with Crippen LogP contribution in [0.4, 0.5) is 0 Å². The first-order valence-corrected chi connectivity index (χ1v) is 7.19. The molecule has 1 N–H and O–H groups in total. The van der Waals surface area contributed by atoms with E-state index in [4.69, 9.17) is 4.74 Å². The van der Waals surface area contributed by atoms with E-state index in [2.05, 4.69) is 30.1 Å². The lowest BCUT2D eigenvalue weighted by Crippen LogP contribution is -2.31. The Morgan fingerprint density at radius 2 is 2.35 bits per heavy atom. The van der Waals surface area contributed by atoms with Gasteiger partial charge in [-0.25, -0.2) is 0 Å². The Balaban J connectivity index is 1.62. The van der Waals surface area contributed by atoms with Crippen molar-refractivity contribution in [3.05, 3.63) is 42.5 Å². The zero-order chi connectivity index (χ0) is 11.9. The van der Waals surface area contributed by atoms with Gasteiger partial charge in [-0.05, 0) is 11.6 Å². The Hall–Kier alpha value is -0.930. The number of hydrogen-bond acceptors (Lipinski definition) is 3. The lowest BCUT2D eigenvalue weighted by molar-refractivity contribution is 0.229. The number of para-hydroxylation sites is 1. The van der Waals surface area contributed by atoms with Crippen LogP contribution >= 0.6 is 11.8 Å². The van der Waals surface area contributed by atoms with Gasteiger partial charge in [0.05, 0.1) is 0 Å². The van der Waals surface area contributed by atoms with Crippen molar-refractivity contribution in [3.8, 4) is 5.75 Å². The average Bonchev–Trinajstić information content (AvgIpc) is 2.76. The van der Waals surface area contributed by atoms with E-state index in [-0.39, 0.29) is 0 Å². The third-order valence-corrected chi connectivity index (χ3v) is 3.71. The summed E-state index contributed by atoms with van der Waals surface area (Å²) >= 11 is 1.90. The van der Waals surface area contributed by atoms with Crippen LogP contribution in [0.2, 0.25) is 0 Å². The molecule has 0 saturated carbocycles. The smallest absolute Gasteiger partial charge is 0.123 e. The molecule has 1 aliphatic rings. The number of hydrogen-bond donors (Lipinski definition) is 1. The first-order chi connectivity index (χ1) is 8.40. The predicted molar refractivity (Wildman–Crippen MR) is 75.0 cm³/mol. The molecule has 0 amide bonds. The fourth-order valence-corrected chi connectivity index (χ4v) is 2.56. The monoisotopic (exact) mass is 249 g/mol. The van der Waals surface area contributed by atoms with Gasteiger partial charge in [0.1, 0.15) is 11.9 Å². The maximum absolute atomic E-state index is 5.85. The quantitative estimate of drug-likeness (QED) is 0.592. The molecule has 1 aliphatic heterocycles. The van der Waals surface area contributed by atoms with Crippen molar-refractivity contribution in [1.82, 2.24) is 5.32 Å². The summed E-state index contributed by atoms with van der Waals surface area (Å²) in [7, 11) is 0. The van der Waals surface area contributed by atoms with Crippen LogP contribution in [0.3, 0.4) is 0 Å². The first-order valence-electron chi connectivity index (χ1n) is 6.04. The standard InChI is InChI=1S/C14H19NOS/c1-2-8-17-9-7-15-11-13-10-12-5-3-4-6-14(12)16-13/h2-6,13,15H,1,7-11H2. The van der Waals surface area contributed by atoms with Crippen LogP contribution in [0.5, 0.6) is 5.75 Å². The van der Waals surface area contributed by atoms with Gasteiger partial charge in [-0.2, -0.15) is 11.8 Å². The molecule has 1 heterocycles. The zero-order valence-corrected chi connectivity index (χ0v) is 10.8. The second-order valence-electron chi connectivity index (χ2n) is 4.12. The molecule has 0 aliphatic carbocycles. The first kappa shape index (κ1) is 12.5. The van der Waals surface area contributed by atoms with Crippen LogP contribution in [0, 0.1) is 0 Å². The second-order valence-corrected chi connectivity index (χ2v) is 5.27. The van der Waals surface area contributed by atoms with Crippen LogP contribution < -0.4 is 10.1 Å². The SMILES string of the molecule is C=CCSCCNCC1Cc2ccccc2O1. The normalized spacial score (nSPS) is 17.5. The van der Waals surface area contributed by atoms with Crippen molar-refractivity contribution in [2.45, 2.75) is 12.5 Å². The topological polar surface area (TPSA) is 21.3 Å². The highest BCUT2D eigenvalue weighted by Crippen LogP contribution is 2.27. The number of thioether (sulfide) groups is 1. The van der Waals surface area contributed by atoms with E-state index in [0.29, 0.717) is 6.10 Å². The van der Waals surface area contributed by atoms with Gasteiger partial charge in [0.15, 0.2) is 0 Å². The molecule has 1 aromatic carbocycles. The number of benzene rings is 1. The van der Waals surface area contributed by atoms with Crippen molar-refractivity contribution in [3.63, 3.8) is 0 Å². The van der Waals surface area contributed by atoms with Crippen molar-refractivity contribution in [1.29, 1.82) is 0 Å². The van der Waals surface area contributed by atoms with Crippen LogP contribution in [-0.2, 0) is 6.42 Å². The van der Waals surface area contributed by atoms with Crippen molar-refractivity contribution < 1.29 is 4.74 Å². The molecule has 92 valence electrons. The minimum Gasteiger partial charge on any atom is -0.488 e. The molecule has 0 bridgehead atoms. The van der Waals surface area contributed by atoms with E-state index in [9.17, 15) is 0 Å². The molecule has 0 fully saturated rings. The van der Waals surface area contributed by atoms with Crippen molar-refractivity contribution >= 4 is 11.8 Å². The molecule has 2 nitrogen and oxygen atoms in total. The summed E-state index contributed by atoms with van der Waals surface area (Å²) in [5.41, 5.74) is 1.33. The summed E-state index contributed by atoms with van der Waals surface area (Å²) in [6, 6.07) is 8.30. The van der Waals surface area contributed by atoms with Crippen LogP contribution in [0.25, 0.3) is 0 Å². The highest BCUT2D eigenvalue weighted by atomic mass is 32.2. The third kappa shape index (κ3) is 3.79. The molecule has 0 spiro atoms. The molecule has 1 atom stereocenters. The molecule has 0 saturated heterocycles. The highest BCUT2D eigenvalue weighted by molar-refractivity contribution is 7.99. The fraction of sp³-hybridized carbons (Fsp3) is 0.429. The van der Waals surface area contributed by atoms with E-state index in [0.717, 1.165) is 36.8 Å². The zero-order valence-electron chi connectivity index (χ0n) is 10.0. The van der Waals surface area contributed by atoms with Crippen LogP contribution in [-0.4, -0.2) is 30.7 Å². The number of fused-ring (bicyclic) bond motifs is 1. The van der Waals surface area contributed by atoms with Gasteiger partial charge in [0, 0.05) is 31.0 Å². The molecule has 3 heteroatoms. The second kappa shape index (κ2) is 6.72. The minimum absolute atomic E-state index is 0.303. The van der Waals surface area contributed by atoms with E-state index >= 15 is 0 Å². The molecular weight excluding hydrogens is 230 g/mol. The maximum Gasteiger partial charge on any atom is 0.123 e. The van der Waals surface area contributed by atoms with Gasteiger partial charge in [0.25, 0.3) is 0 Å². The van der Waals surface area contributed by atoms with E-state index in [1.165, 1.54) is 5.56 Å². The number of rotatable bonds is 7. The predicted octanol–water partition coefficient (Wildman–Crippen LogP) is 2.50. The molecule has 1 aromatic rings. The minimum atomic E-state index is 0.303. The van der Waals surface area contributed by atoms with Gasteiger partial charge in [-0.15, -0.1) is 6.58 Å². The lowest BCUT2D eigenvalue weighted by atomic mass is 10.1. The van der Waals surface area contributed by atoms with Crippen molar-refractivity contribution in [2.24, 2.45) is 0 Å². The Kier molecular flexibility index (Phi) is 4.95. The number of ether oxygens (including phenoxy) is 1. The Morgan fingerprint density at radius 1 is 1.47 bits per heavy atom. The van der Waals surface area contributed by atoms with E-state index in [1.54, 1.807) is 0 Å². The van der Waals surface area contributed by atoms with E-state index in [1.807, 2.05) is 23.9 Å². The summed E-state index contributed by atoms with van der Waals surface area (Å²) in [5.74, 6) is 3.22.